The van der Waals surface area contributed by atoms with Gasteiger partial charge in [0, 0.05) is 18.3 Å². The molecule has 150 valence electrons. The van der Waals surface area contributed by atoms with Gasteiger partial charge in [-0.1, -0.05) is 24.3 Å². The highest BCUT2D eigenvalue weighted by molar-refractivity contribution is 5.86. The molecule has 0 amide bonds. The average Bonchev–Trinajstić information content (AvgIpc) is 2.95. The van der Waals surface area contributed by atoms with E-state index in [1.54, 1.807) is 10.7 Å². The van der Waals surface area contributed by atoms with Crippen LogP contribution in [0.5, 0.6) is 0 Å². The quantitative estimate of drug-likeness (QED) is 0.733. The van der Waals surface area contributed by atoms with Gasteiger partial charge >= 0.3 is 0 Å². The van der Waals surface area contributed by atoms with Crippen LogP contribution in [0.1, 0.15) is 24.0 Å². The van der Waals surface area contributed by atoms with Crippen molar-refractivity contribution in [3.05, 3.63) is 95.4 Å². The highest BCUT2D eigenvalue weighted by Crippen LogP contribution is 2.31. The fourth-order valence-corrected chi connectivity index (χ4v) is 3.44. The first-order valence-electron chi connectivity index (χ1n) is 9.85. The molecule has 0 bridgehead atoms. The van der Waals surface area contributed by atoms with E-state index in [-0.39, 0.29) is 0 Å². The molecule has 6 nitrogen and oxygen atoms in total. The van der Waals surface area contributed by atoms with Crippen LogP contribution >= 0.6 is 0 Å². The van der Waals surface area contributed by atoms with Crippen LogP contribution in [0.25, 0.3) is 5.52 Å². The number of aromatic nitrogens is 2. The van der Waals surface area contributed by atoms with Gasteiger partial charge in [0.1, 0.15) is 17.6 Å². The van der Waals surface area contributed by atoms with Crippen LogP contribution in [0.3, 0.4) is 0 Å². The molecule has 0 aromatic carbocycles. The molecule has 0 unspecified atom stereocenters. The van der Waals surface area contributed by atoms with Crippen LogP contribution in [0, 0.1) is 18.3 Å². The van der Waals surface area contributed by atoms with Crippen molar-refractivity contribution < 1.29 is 4.74 Å². The van der Waals surface area contributed by atoms with E-state index in [4.69, 9.17) is 4.74 Å². The molecule has 2 aromatic heterocycles. The lowest BCUT2D eigenvalue weighted by Crippen LogP contribution is -2.04. The van der Waals surface area contributed by atoms with Crippen LogP contribution in [-0.2, 0) is 4.74 Å². The lowest BCUT2D eigenvalue weighted by molar-refractivity contribution is 0.335. The van der Waals surface area contributed by atoms with Crippen LogP contribution in [0.4, 0.5) is 11.4 Å². The first-order chi connectivity index (χ1) is 14.7. The fraction of sp³-hybridized carbons (Fsp3) is 0.167. The maximum Gasteiger partial charge on any atom is 0.127 e. The van der Waals surface area contributed by atoms with E-state index in [1.807, 2.05) is 56.6 Å². The van der Waals surface area contributed by atoms with Crippen molar-refractivity contribution in [2.24, 2.45) is 0 Å². The number of nitrogens with zero attached hydrogens (tertiary/aromatic N) is 3. The highest BCUT2D eigenvalue weighted by atomic mass is 16.5. The van der Waals surface area contributed by atoms with Crippen molar-refractivity contribution in [2.75, 3.05) is 17.7 Å². The van der Waals surface area contributed by atoms with E-state index in [0.29, 0.717) is 12.0 Å². The number of aryl methyl sites for hydroxylation is 1. The molecule has 2 heterocycles. The van der Waals surface area contributed by atoms with E-state index in [9.17, 15) is 5.26 Å². The molecule has 6 heteroatoms. The van der Waals surface area contributed by atoms with Gasteiger partial charge in [0.2, 0.25) is 0 Å². The molecule has 0 aliphatic heterocycles. The molecule has 0 radical (unpaired) electrons. The summed E-state index contributed by atoms with van der Waals surface area (Å²) in [6.45, 7) is 2.02. The summed E-state index contributed by atoms with van der Waals surface area (Å²) in [5, 5.41) is 20.6. The highest BCUT2D eigenvalue weighted by Gasteiger charge is 2.16. The number of nitrogens with one attached hydrogen (secondary N) is 2. The summed E-state index contributed by atoms with van der Waals surface area (Å²) in [6.07, 6.45) is 23.2. The Hall–Kier alpha value is -3.98. The predicted molar refractivity (Wildman–Crippen MR) is 120 cm³/mol. The Balaban J connectivity index is 1.60. The second-order valence-corrected chi connectivity index (χ2v) is 6.95. The lowest BCUT2D eigenvalue weighted by Gasteiger charge is -2.11. The molecule has 4 rings (SSSR count). The minimum atomic E-state index is 0.495. The molecular formula is C24H23N5O. The number of ether oxygens (including phenoxy) is 1. The molecule has 2 aromatic rings. The van der Waals surface area contributed by atoms with E-state index in [0.717, 1.165) is 46.1 Å². The maximum atomic E-state index is 9.62. The summed E-state index contributed by atoms with van der Waals surface area (Å²) in [4.78, 5) is 0. The Morgan fingerprint density at radius 1 is 1.13 bits per heavy atom. The number of nitriles is 1. The monoisotopic (exact) mass is 397 g/mol. The summed E-state index contributed by atoms with van der Waals surface area (Å²) in [5.41, 5.74) is 5.02. The summed E-state index contributed by atoms with van der Waals surface area (Å²) in [5.74, 6) is 1.59. The van der Waals surface area contributed by atoms with E-state index in [1.165, 1.54) is 0 Å². The number of allylic oxidation sites excluding steroid dienone is 9. The number of rotatable bonds is 5. The Bertz CT molecular complexity index is 1200. The number of hydrogen-bond acceptors (Lipinski definition) is 5. The molecule has 0 fully saturated rings. The van der Waals surface area contributed by atoms with Gasteiger partial charge in [-0.3, -0.25) is 0 Å². The normalized spacial score (nSPS) is 15.6. The fourth-order valence-electron chi connectivity index (χ4n) is 3.44. The molecule has 2 aliphatic carbocycles. The second-order valence-electron chi connectivity index (χ2n) is 6.95. The van der Waals surface area contributed by atoms with Crippen molar-refractivity contribution in [2.45, 2.75) is 19.8 Å². The summed E-state index contributed by atoms with van der Waals surface area (Å²) >= 11 is 0. The van der Waals surface area contributed by atoms with Crippen molar-refractivity contribution >= 4 is 16.9 Å². The minimum Gasteiger partial charge on any atom is -0.458 e. The van der Waals surface area contributed by atoms with Gasteiger partial charge in [-0.2, -0.15) is 10.4 Å². The SMILES string of the molecule is CNc1cn2ncc(C#N)c(NC3=CCC=C(OC4=CC=CCC=C4)C=C3)c2c1C. The first kappa shape index (κ1) is 19.3. The Morgan fingerprint density at radius 2 is 2.03 bits per heavy atom. The van der Waals surface area contributed by atoms with Crippen LogP contribution in [0.2, 0.25) is 0 Å². The average molecular weight is 397 g/mol. The summed E-state index contributed by atoms with van der Waals surface area (Å²) in [6, 6.07) is 2.25. The third-order valence-corrected chi connectivity index (χ3v) is 4.99. The Labute approximate surface area is 175 Å². The Morgan fingerprint density at radius 3 is 2.87 bits per heavy atom. The molecule has 0 saturated heterocycles. The van der Waals surface area contributed by atoms with Gasteiger partial charge in [-0.05, 0) is 50.1 Å². The van der Waals surface area contributed by atoms with Crippen LogP contribution in [-0.4, -0.2) is 16.7 Å². The minimum absolute atomic E-state index is 0.495. The maximum absolute atomic E-state index is 9.62. The van der Waals surface area contributed by atoms with E-state index < -0.39 is 0 Å². The third kappa shape index (κ3) is 3.91. The summed E-state index contributed by atoms with van der Waals surface area (Å²) < 4.78 is 7.79. The van der Waals surface area contributed by atoms with Crippen molar-refractivity contribution in [3.8, 4) is 6.07 Å². The van der Waals surface area contributed by atoms with Gasteiger partial charge in [0.15, 0.2) is 0 Å². The summed E-state index contributed by atoms with van der Waals surface area (Å²) in [7, 11) is 1.87. The van der Waals surface area contributed by atoms with E-state index in [2.05, 4.69) is 40.0 Å². The van der Waals surface area contributed by atoms with Gasteiger partial charge in [0.25, 0.3) is 0 Å². The molecule has 2 N–H and O–H groups in total. The van der Waals surface area contributed by atoms with Crippen molar-refractivity contribution in [3.63, 3.8) is 0 Å². The van der Waals surface area contributed by atoms with Crippen molar-refractivity contribution in [1.29, 1.82) is 5.26 Å². The van der Waals surface area contributed by atoms with E-state index >= 15 is 0 Å². The second kappa shape index (κ2) is 8.58. The van der Waals surface area contributed by atoms with Gasteiger partial charge in [-0.15, -0.1) is 0 Å². The Kier molecular flexibility index (Phi) is 5.53. The standard InChI is InChI=1S/C24H23N5O/c1-17-22(26-2)16-29-24(17)23(18(14-25)15-27-29)28-19-8-7-11-21(13-12-19)30-20-9-5-3-4-6-10-20/h3,5-6,8-13,15-16,26,28H,4,7H2,1-2H3. The zero-order chi connectivity index (χ0) is 20.9. The number of hydrogen-bond donors (Lipinski definition) is 2. The third-order valence-electron chi connectivity index (χ3n) is 4.99. The molecule has 0 saturated carbocycles. The largest absolute Gasteiger partial charge is 0.458 e. The van der Waals surface area contributed by atoms with Gasteiger partial charge in [0.05, 0.1) is 34.8 Å². The van der Waals surface area contributed by atoms with Gasteiger partial charge in [-0.25, -0.2) is 4.52 Å². The zero-order valence-corrected chi connectivity index (χ0v) is 17.0. The topological polar surface area (TPSA) is 74.4 Å². The molecule has 0 atom stereocenters. The van der Waals surface area contributed by atoms with Crippen LogP contribution in [0.15, 0.2) is 84.3 Å². The number of anilines is 2. The molecule has 2 aliphatic rings. The smallest absolute Gasteiger partial charge is 0.127 e. The molecule has 0 spiro atoms. The number of fused-ring (bicyclic) bond motifs is 1. The first-order valence-corrected chi connectivity index (χ1v) is 9.85. The van der Waals surface area contributed by atoms with Crippen molar-refractivity contribution in [1.82, 2.24) is 9.61 Å². The molecule has 30 heavy (non-hydrogen) atoms. The zero-order valence-electron chi connectivity index (χ0n) is 17.0. The van der Waals surface area contributed by atoms with Crippen LogP contribution < -0.4 is 10.6 Å². The predicted octanol–water partition coefficient (Wildman–Crippen LogP) is 5.11. The lowest BCUT2D eigenvalue weighted by atomic mass is 10.1. The molecular weight excluding hydrogens is 374 g/mol. The van der Waals surface area contributed by atoms with Gasteiger partial charge < -0.3 is 15.4 Å².